The van der Waals surface area contributed by atoms with Crippen molar-refractivity contribution in [1.29, 1.82) is 0 Å². The summed E-state index contributed by atoms with van der Waals surface area (Å²) in [5, 5.41) is 11.2. The Labute approximate surface area is 141 Å². The number of methoxy groups -OCH3 is 1. The summed E-state index contributed by atoms with van der Waals surface area (Å²) >= 11 is 0. The Kier molecular flexibility index (Phi) is 5.32. The number of hydrogen-bond acceptors (Lipinski definition) is 6. The van der Waals surface area contributed by atoms with Crippen LogP contribution in [-0.4, -0.2) is 77.6 Å². The maximum absolute atomic E-state index is 12.4. The van der Waals surface area contributed by atoms with E-state index in [1.807, 2.05) is 20.0 Å². The Bertz CT molecular complexity index is 566. The van der Waals surface area contributed by atoms with Gasteiger partial charge in [-0.05, 0) is 13.8 Å². The summed E-state index contributed by atoms with van der Waals surface area (Å²) in [6, 6.07) is -0.0202. The summed E-state index contributed by atoms with van der Waals surface area (Å²) in [7, 11) is 1.66. The van der Waals surface area contributed by atoms with E-state index in [0.29, 0.717) is 38.6 Å². The van der Waals surface area contributed by atoms with Crippen LogP contribution in [0.3, 0.4) is 0 Å². The Morgan fingerprint density at radius 1 is 1.42 bits per heavy atom. The van der Waals surface area contributed by atoms with Crippen LogP contribution < -0.4 is 5.32 Å². The van der Waals surface area contributed by atoms with E-state index >= 15 is 0 Å². The van der Waals surface area contributed by atoms with Gasteiger partial charge in [0.05, 0.1) is 44.7 Å². The zero-order chi connectivity index (χ0) is 17.1. The number of nitrogens with zero attached hydrogens (tertiary/aromatic N) is 4. The van der Waals surface area contributed by atoms with Gasteiger partial charge in [0.2, 0.25) is 0 Å². The van der Waals surface area contributed by atoms with Gasteiger partial charge in [0.15, 0.2) is 0 Å². The van der Waals surface area contributed by atoms with Crippen LogP contribution in [0.15, 0.2) is 6.20 Å². The molecule has 3 heterocycles. The van der Waals surface area contributed by atoms with E-state index in [0.717, 1.165) is 0 Å². The molecule has 1 aromatic rings. The number of rotatable bonds is 4. The number of aromatic nitrogens is 3. The molecule has 2 aliphatic rings. The van der Waals surface area contributed by atoms with Crippen LogP contribution in [0.2, 0.25) is 0 Å². The molecule has 9 nitrogen and oxygen atoms in total. The highest BCUT2D eigenvalue weighted by atomic mass is 16.5. The van der Waals surface area contributed by atoms with Crippen LogP contribution in [0.1, 0.15) is 25.6 Å². The molecule has 134 valence electrons. The molecule has 2 unspecified atom stereocenters. The van der Waals surface area contributed by atoms with Gasteiger partial charge in [-0.25, -0.2) is 9.48 Å². The van der Waals surface area contributed by atoms with E-state index in [4.69, 9.17) is 14.2 Å². The lowest BCUT2D eigenvalue weighted by atomic mass is 10.2. The topological polar surface area (TPSA) is 90.7 Å². The Morgan fingerprint density at radius 2 is 2.25 bits per heavy atom. The summed E-state index contributed by atoms with van der Waals surface area (Å²) in [5.74, 6) is 0. The fourth-order valence-electron chi connectivity index (χ4n) is 3.01. The third-order valence-corrected chi connectivity index (χ3v) is 4.49. The van der Waals surface area contributed by atoms with Crippen molar-refractivity contribution in [3.63, 3.8) is 0 Å². The predicted octanol–water partition coefficient (Wildman–Crippen LogP) is 0.183. The summed E-state index contributed by atoms with van der Waals surface area (Å²) in [6.07, 6.45) is 1.86. The molecule has 1 N–H and O–H groups in total. The van der Waals surface area contributed by atoms with E-state index in [2.05, 4.69) is 15.6 Å². The first-order chi connectivity index (χ1) is 11.6. The molecule has 0 bridgehead atoms. The molecule has 4 atom stereocenters. The number of urea groups is 1. The van der Waals surface area contributed by atoms with Gasteiger partial charge in [-0.1, -0.05) is 5.21 Å². The van der Waals surface area contributed by atoms with Crippen molar-refractivity contribution in [2.24, 2.45) is 0 Å². The molecule has 2 fully saturated rings. The Balaban J connectivity index is 1.54. The van der Waals surface area contributed by atoms with Crippen LogP contribution in [0.25, 0.3) is 0 Å². The maximum Gasteiger partial charge on any atom is 0.318 e. The summed E-state index contributed by atoms with van der Waals surface area (Å²) in [4.78, 5) is 14.1. The van der Waals surface area contributed by atoms with E-state index in [9.17, 15) is 4.79 Å². The van der Waals surface area contributed by atoms with Gasteiger partial charge in [0.25, 0.3) is 0 Å². The highest BCUT2D eigenvalue weighted by Crippen LogP contribution is 2.21. The molecule has 0 aromatic carbocycles. The molecule has 0 spiro atoms. The van der Waals surface area contributed by atoms with Crippen LogP contribution in [0.5, 0.6) is 0 Å². The normalized spacial score (nSPS) is 30.5. The van der Waals surface area contributed by atoms with Crippen molar-refractivity contribution in [3.05, 3.63) is 11.9 Å². The van der Waals surface area contributed by atoms with Crippen molar-refractivity contribution in [1.82, 2.24) is 25.2 Å². The average Bonchev–Trinajstić information content (AvgIpc) is 3.22. The molecule has 0 radical (unpaired) electrons. The number of carbonyl (C=O) groups excluding carboxylic acids is 1. The number of ether oxygens (including phenoxy) is 3. The second-order valence-corrected chi connectivity index (χ2v) is 6.37. The zero-order valence-corrected chi connectivity index (χ0v) is 14.3. The van der Waals surface area contributed by atoms with Crippen LogP contribution in [-0.2, 0) is 20.8 Å². The fraction of sp³-hybridized carbons (Fsp3) is 0.800. The molecule has 9 heteroatoms. The third kappa shape index (κ3) is 3.68. The van der Waals surface area contributed by atoms with Crippen molar-refractivity contribution in [2.75, 3.05) is 33.5 Å². The van der Waals surface area contributed by atoms with Gasteiger partial charge in [0.1, 0.15) is 17.8 Å². The smallest absolute Gasteiger partial charge is 0.318 e. The molecule has 0 saturated carbocycles. The van der Waals surface area contributed by atoms with E-state index in [1.165, 1.54) is 0 Å². The molecule has 1 aromatic heterocycles. The minimum atomic E-state index is -0.105. The number of amides is 2. The molecule has 2 aliphatic heterocycles. The van der Waals surface area contributed by atoms with E-state index in [1.54, 1.807) is 16.7 Å². The molecule has 2 amide bonds. The van der Waals surface area contributed by atoms with Crippen LogP contribution >= 0.6 is 0 Å². The van der Waals surface area contributed by atoms with E-state index < -0.39 is 0 Å². The lowest BCUT2D eigenvalue weighted by molar-refractivity contribution is -0.0318. The minimum absolute atomic E-state index is 0.0204. The fourth-order valence-corrected chi connectivity index (χ4v) is 3.01. The van der Waals surface area contributed by atoms with E-state index in [-0.39, 0.29) is 30.3 Å². The summed E-state index contributed by atoms with van der Waals surface area (Å²) < 4.78 is 18.1. The van der Waals surface area contributed by atoms with Gasteiger partial charge in [-0.15, -0.1) is 5.10 Å². The quantitative estimate of drug-likeness (QED) is 0.842. The monoisotopic (exact) mass is 339 g/mol. The molecular formula is C15H25N5O4. The van der Waals surface area contributed by atoms with Crippen molar-refractivity contribution >= 4 is 6.03 Å². The first-order valence-electron chi connectivity index (χ1n) is 8.25. The first-order valence-corrected chi connectivity index (χ1v) is 8.25. The predicted molar refractivity (Wildman–Crippen MR) is 84.5 cm³/mol. The van der Waals surface area contributed by atoms with Crippen molar-refractivity contribution in [2.45, 2.75) is 44.7 Å². The molecule has 0 aliphatic carbocycles. The first kappa shape index (κ1) is 17.1. The van der Waals surface area contributed by atoms with Crippen LogP contribution in [0, 0.1) is 0 Å². The largest absolute Gasteiger partial charge is 0.377 e. The average molecular weight is 339 g/mol. The number of hydrogen-bond donors (Lipinski definition) is 1. The molecule has 2 saturated heterocycles. The molecule has 24 heavy (non-hydrogen) atoms. The summed E-state index contributed by atoms with van der Waals surface area (Å²) in [5.41, 5.74) is 0.707. The zero-order valence-electron chi connectivity index (χ0n) is 14.3. The van der Waals surface area contributed by atoms with Crippen molar-refractivity contribution in [3.8, 4) is 0 Å². The Morgan fingerprint density at radius 3 is 3.04 bits per heavy atom. The maximum atomic E-state index is 12.4. The minimum Gasteiger partial charge on any atom is -0.377 e. The lowest BCUT2D eigenvalue weighted by Crippen LogP contribution is -2.53. The third-order valence-electron chi connectivity index (χ3n) is 4.49. The second kappa shape index (κ2) is 7.45. The van der Waals surface area contributed by atoms with Gasteiger partial charge < -0.3 is 24.4 Å². The lowest BCUT2D eigenvalue weighted by Gasteiger charge is -2.36. The van der Waals surface area contributed by atoms with Crippen LogP contribution in [0.4, 0.5) is 4.79 Å². The van der Waals surface area contributed by atoms with Gasteiger partial charge in [-0.3, -0.25) is 0 Å². The SMILES string of the molecule is CO[C@@H]1COC[C@H]1n1cc(CNC(=O)N2CC(C)OCC2C)nn1. The molecular weight excluding hydrogens is 314 g/mol. The number of carbonyl (C=O) groups is 1. The number of morpholine rings is 1. The highest BCUT2D eigenvalue weighted by Gasteiger charge is 2.31. The number of nitrogens with one attached hydrogen (secondary N) is 1. The second-order valence-electron chi connectivity index (χ2n) is 6.37. The molecule has 3 rings (SSSR count). The standard InChI is InChI=1S/C15H25N5O4/c1-10-7-24-11(2)5-19(10)15(21)16-4-12-6-20(18-17-12)13-8-23-9-14(13)22-3/h6,10-11,13-14H,4-5,7-9H2,1-3H3,(H,16,21)/t10?,11?,13-,14-/m1/s1. The van der Waals surface area contributed by atoms with Gasteiger partial charge in [0, 0.05) is 13.7 Å². The Hall–Kier alpha value is -1.71. The van der Waals surface area contributed by atoms with Gasteiger partial charge >= 0.3 is 6.03 Å². The highest BCUT2D eigenvalue weighted by molar-refractivity contribution is 5.74. The summed E-state index contributed by atoms with van der Waals surface area (Å²) in [6.45, 7) is 6.54. The van der Waals surface area contributed by atoms with Crippen molar-refractivity contribution < 1.29 is 19.0 Å². The van der Waals surface area contributed by atoms with Gasteiger partial charge in [-0.2, -0.15) is 0 Å².